The minimum absolute atomic E-state index is 0.0151. The zero-order valence-electron chi connectivity index (χ0n) is 13.7. The average Bonchev–Trinajstić information content (AvgIpc) is 2.40. The van der Waals surface area contributed by atoms with Crippen LogP contribution in [-0.4, -0.2) is 62.3 Å². The molecule has 1 aliphatic heterocycles. The molecule has 1 fully saturated rings. The first-order valence-corrected chi connectivity index (χ1v) is 7.57. The number of carbonyl (C=O) groups excluding carboxylic acids is 2. The molecular formula is C15H28N2O4. The summed E-state index contributed by atoms with van der Waals surface area (Å²) < 4.78 is 10.3. The van der Waals surface area contributed by atoms with Crippen molar-refractivity contribution in [3.63, 3.8) is 0 Å². The molecule has 2 atom stereocenters. The Bertz CT molecular complexity index is 358. The predicted octanol–water partition coefficient (Wildman–Crippen LogP) is 0.657. The van der Waals surface area contributed by atoms with Crippen molar-refractivity contribution in [3.8, 4) is 0 Å². The number of nitrogens with one attached hydrogen (secondary N) is 1. The zero-order chi connectivity index (χ0) is 16.0. The van der Waals surface area contributed by atoms with Gasteiger partial charge in [0.15, 0.2) is 0 Å². The number of nitrogens with zero attached hydrogens (tertiary/aromatic N) is 1. The lowest BCUT2D eigenvalue weighted by molar-refractivity contribution is -0.153. The third-order valence-corrected chi connectivity index (χ3v) is 3.66. The van der Waals surface area contributed by atoms with E-state index < -0.39 is 12.1 Å². The number of hydrogen-bond donors (Lipinski definition) is 1. The quantitative estimate of drug-likeness (QED) is 0.669. The summed E-state index contributed by atoms with van der Waals surface area (Å²) in [5.41, 5.74) is 0. The molecule has 0 radical (unpaired) electrons. The van der Waals surface area contributed by atoms with Gasteiger partial charge in [-0.2, -0.15) is 0 Å². The molecule has 1 heterocycles. The first kappa shape index (κ1) is 17.9. The van der Waals surface area contributed by atoms with Crippen LogP contribution in [0.2, 0.25) is 0 Å². The summed E-state index contributed by atoms with van der Waals surface area (Å²) >= 11 is 0. The van der Waals surface area contributed by atoms with Crippen molar-refractivity contribution in [1.29, 1.82) is 0 Å². The standard InChI is InChI=1S/C15H28N2O4/c1-10(2)12-15(19)17(6-7-21-9-8-20-5)13(11(3)4)14(18)16-12/h10-13H,6-9H2,1-5H3,(H,16,18). The van der Waals surface area contributed by atoms with Crippen LogP contribution in [0.15, 0.2) is 0 Å². The monoisotopic (exact) mass is 300 g/mol. The van der Waals surface area contributed by atoms with Gasteiger partial charge in [-0.05, 0) is 11.8 Å². The van der Waals surface area contributed by atoms with E-state index in [1.54, 1.807) is 12.0 Å². The molecule has 0 aromatic rings. The number of piperazine rings is 1. The van der Waals surface area contributed by atoms with E-state index in [1.807, 2.05) is 27.7 Å². The summed E-state index contributed by atoms with van der Waals surface area (Å²) in [6.07, 6.45) is 0. The summed E-state index contributed by atoms with van der Waals surface area (Å²) in [7, 11) is 1.61. The predicted molar refractivity (Wildman–Crippen MR) is 79.8 cm³/mol. The van der Waals surface area contributed by atoms with Crippen molar-refractivity contribution in [2.24, 2.45) is 11.8 Å². The van der Waals surface area contributed by atoms with Crippen LogP contribution in [-0.2, 0) is 19.1 Å². The first-order valence-electron chi connectivity index (χ1n) is 7.57. The molecule has 6 nitrogen and oxygen atoms in total. The van der Waals surface area contributed by atoms with Crippen molar-refractivity contribution >= 4 is 11.8 Å². The fraction of sp³-hybridized carbons (Fsp3) is 0.867. The largest absolute Gasteiger partial charge is 0.382 e. The van der Waals surface area contributed by atoms with E-state index >= 15 is 0 Å². The number of rotatable bonds is 8. The fourth-order valence-electron chi connectivity index (χ4n) is 2.53. The molecule has 0 aliphatic carbocycles. The smallest absolute Gasteiger partial charge is 0.246 e. The molecule has 0 bridgehead atoms. The van der Waals surface area contributed by atoms with Gasteiger partial charge < -0.3 is 19.7 Å². The Kier molecular flexibility index (Phi) is 7.11. The normalized spacial score (nSPS) is 23.1. The minimum Gasteiger partial charge on any atom is -0.382 e. The van der Waals surface area contributed by atoms with Gasteiger partial charge in [-0.3, -0.25) is 9.59 Å². The van der Waals surface area contributed by atoms with E-state index in [0.717, 1.165) is 0 Å². The molecule has 1 aliphatic rings. The van der Waals surface area contributed by atoms with E-state index in [2.05, 4.69) is 5.32 Å². The summed E-state index contributed by atoms with van der Waals surface area (Å²) in [6, 6.07) is -0.856. The van der Waals surface area contributed by atoms with Crippen molar-refractivity contribution in [2.45, 2.75) is 39.8 Å². The Labute approximate surface area is 127 Å². The molecule has 6 heteroatoms. The van der Waals surface area contributed by atoms with Crippen LogP contribution in [0.4, 0.5) is 0 Å². The van der Waals surface area contributed by atoms with E-state index in [0.29, 0.717) is 26.4 Å². The topological polar surface area (TPSA) is 67.9 Å². The van der Waals surface area contributed by atoms with Gasteiger partial charge in [-0.25, -0.2) is 0 Å². The Morgan fingerprint density at radius 1 is 1.10 bits per heavy atom. The van der Waals surface area contributed by atoms with Crippen LogP contribution in [0.25, 0.3) is 0 Å². The highest BCUT2D eigenvalue weighted by molar-refractivity contribution is 5.97. The highest BCUT2D eigenvalue weighted by Crippen LogP contribution is 2.20. The minimum atomic E-state index is -0.438. The average molecular weight is 300 g/mol. The van der Waals surface area contributed by atoms with Crippen molar-refractivity contribution in [2.75, 3.05) is 33.5 Å². The molecule has 1 saturated heterocycles. The van der Waals surface area contributed by atoms with Crippen molar-refractivity contribution in [3.05, 3.63) is 0 Å². The second-order valence-corrected chi connectivity index (χ2v) is 6.06. The van der Waals surface area contributed by atoms with Gasteiger partial charge in [0, 0.05) is 13.7 Å². The first-order chi connectivity index (χ1) is 9.90. The third-order valence-electron chi connectivity index (χ3n) is 3.66. The SMILES string of the molecule is COCCOCCN1C(=O)C(C(C)C)NC(=O)C1C(C)C. The molecular weight excluding hydrogens is 272 g/mol. The van der Waals surface area contributed by atoms with E-state index in [1.165, 1.54) is 0 Å². The molecule has 21 heavy (non-hydrogen) atoms. The highest BCUT2D eigenvalue weighted by atomic mass is 16.5. The molecule has 0 spiro atoms. The van der Waals surface area contributed by atoms with Gasteiger partial charge in [0.05, 0.1) is 19.8 Å². The Morgan fingerprint density at radius 2 is 1.76 bits per heavy atom. The zero-order valence-corrected chi connectivity index (χ0v) is 13.7. The molecule has 2 unspecified atom stereocenters. The van der Waals surface area contributed by atoms with Gasteiger partial charge in [-0.1, -0.05) is 27.7 Å². The van der Waals surface area contributed by atoms with Crippen molar-refractivity contribution < 1.29 is 19.1 Å². The number of carbonyl (C=O) groups is 2. The second-order valence-electron chi connectivity index (χ2n) is 6.06. The maximum atomic E-state index is 12.6. The molecule has 1 N–H and O–H groups in total. The summed E-state index contributed by atoms with van der Waals surface area (Å²) in [4.78, 5) is 26.5. The molecule has 0 aromatic carbocycles. The third kappa shape index (κ3) is 4.68. The van der Waals surface area contributed by atoms with Crippen LogP contribution in [0.1, 0.15) is 27.7 Å². The highest BCUT2D eigenvalue weighted by Gasteiger charge is 2.42. The Balaban J connectivity index is 2.71. The van der Waals surface area contributed by atoms with E-state index in [-0.39, 0.29) is 23.7 Å². The second kappa shape index (κ2) is 8.34. The van der Waals surface area contributed by atoms with E-state index in [4.69, 9.17) is 9.47 Å². The molecule has 1 rings (SSSR count). The van der Waals surface area contributed by atoms with Gasteiger partial charge in [0.25, 0.3) is 0 Å². The lowest BCUT2D eigenvalue weighted by Crippen LogP contribution is -2.66. The molecule has 2 amide bonds. The number of ether oxygens (including phenoxy) is 2. The maximum Gasteiger partial charge on any atom is 0.246 e. The number of amides is 2. The van der Waals surface area contributed by atoms with Crippen LogP contribution in [0, 0.1) is 11.8 Å². The Hall–Kier alpha value is -1.14. The lowest BCUT2D eigenvalue weighted by atomic mass is 9.93. The van der Waals surface area contributed by atoms with Gasteiger partial charge >= 0.3 is 0 Å². The van der Waals surface area contributed by atoms with Crippen molar-refractivity contribution in [1.82, 2.24) is 10.2 Å². The summed E-state index contributed by atoms with van der Waals surface area (Å²) in [5.74, 6) is 0.0614. The van der Waals surface area contributed by atoms with Crippen LogP contribution < -0.4 is 5.32 Å². The number of methoxy groups -OCH3 is 1. The van der Waals surface area contributed by atoms with Crippen LogP contribution in [0.5, 0.6) is 0 Å². The molecule has 122 valence electrons. The number of hydrogen-bond acceptors (Lipinski definition) is 4. The van der Waals surface area contributed by atoms with E-state index in [9.17, 15) is 9.59 Å². The molecule has 0 saturated carbocycles. The fourth-order valence-corrected chi connectivity index (χ4v) is 2.53. The van der Waals surface area contributed by atoms with Crippen LogP contribution in [0.3, 0.4) is 0 Å². The van der Waals surface area contributed by atoms with Gasteiger partial charge in [0.1, 0.15) is 12.1 Å². The van der Waals surface area contributed by atoms with Gasteiger partial charge in [-0.15, -0.1) is 0 Å². The maximum absolute atomic E-state index is 12.6. The lowest BCUT2D eigenvalue weighted by Gasteiger charge is -2.42. The van der Waals surface area contributed by atoms with Crippen LogP contribution >= 0.6 is 0 Å². The summed E-state index contributed by atoms with van der Waals surface area (Å²) in [5, 5.41) is 2.85. The van der Waals surface area contributed by atoms with Gasteiger partial charge in [0.2, 0.25) is 11.8 Å². The summed E-state index contributed by atoms with van der Waals surface area (Å²) in [6.45, 7) is 9.63. The molecule has 0 aromatic heterocycles. The Morgan fingerprint density at radius 3 is 2.29 bits per heavy atom.